The minimum absolute atomic E-state index is 0.152. The molecule has 0 aliphatic rings. The Balaban J connectivity index is 2.57. The van der Waals surface area contributed by atoms with Gasteiger partial charge in [0.2, 0.25) is 5.91 Å². The van der Waals surface area contributed by atoms with E-state index < -0.39 is 17.3 Å². The molecule has 1 aromatic carbocycles. The normalized spacial score (nSPS) is 14.1. The van der Waals surface area contributed by atoms with Gasteiger partial charge in [-0.1, -0.05) is 19.4 Å². The molecular formula is C14H21FN2O2. The van der Waals surface area contributed by atoms with Crippen LogP contribution in [0.3, 0.4) is 0 Å². The van der Waals surface area contributed by atoms with Crippen molar-refractivity contribution < 1.29 is 14.3 Å². The predicted octanol–water partition coefficient (Wildman–Crippen LogP) is 1.57. The minimum Gasteiger partial charge on any atom is -0.389 e. The highest BCUT2D eigenvalue weighted by atomic mass is 19.1. The molecule has 1 rings (SSSR count). The maximum Gasteiger partial charge on any atom is 0.248 e. The van der Waals surface area contributed by atoms with Gasteiger partial charge in [-0.3, -0.25) is 4.79 Å². The summed E-state index contributed by atoms with van der Waals surface area (Å²) in [6.45, 7) is 4.43. The maximum atomic E-state index is 13.7. The van der Waals surface area contributed by atoms with Crippen LogP contribution < -0.4 is 11.1 Å². The second-order valence-electron chi connectivity index (χ2n) is 5.02. The standard InChI is InChI=1S/C14H21FN2O2/c1-3-6-14(2,19)9-17-8-11-5-4-10(13(16)18)7-12(11)15/h4-5,7,17,19H,3,6,8-9H2,1-2H3,(H2,16,18). The molecule has 106 valence electrons. The quantitative estimate of drug-likeness (QED) is 0.702. The van der Waals surface area contributed by atoms with Crippen molar-refractivity contribution in [3.05, 3.63) is 35.1 Å². The van der Waals surface area contributed by atoms with Crippen LogP contribution in [0.5, 0.6) is 0 Å². The summed E-state index contributed by atoms with van der Waals surface area (Å²) in [5.74, 6) is -1.12. The van der Waals surface area contributed by atoms with E-state index in [-0.39, 0.29) is 5.56 Å². The smallest absolute Gasteiger partial charge is 0.248 e. The summed E-state index contributed by atoms with van der Waals surface area (Å²) in [5.41, 5.74) is 4.87. The van der Waals surface area contributed by atoms with Gasteiger partial charge in [0.25, 0.3) is 0 Å². The first-order chi connectivity index (χ1) is 8.85. The van der Waals surface area contributed by atoms with E-state index in [1.165, 1.54) is 12.1 Å². The van der Waals surface area contributed by atoms with Crippen LogP contribution in [0.1, 0.15) is 42.6 Å². The highest BCUT2D eigenvalue weighted by Crippen LogP contribution is 2.12. The third-order valence-electron chi connectivity index (χ3n) is 2.95. The van der Waals surface area contributed by atoms with E-state index in [4.69, 9.17) is 5.73 Å². The molecule has 0 saturated carbocycles. The zero-order valence-electron chi connectivity index (χ0n) is 11.4. The highest BCUT2D eigenvalue weighted by Gasteiger charge is 2.18. The Morgan fingerprint density at radius 3 is 2.74 bits per heavy atom. The topological polar surface area (TPSA) is 75.3 Å². The summed E-state index contributed by atoms with van der Waals surface area (Å²) in [4.78, 5) is 10.9. The van der Waals surface area contributed by atoms with Gasteiger partial charge >= 0.3 is 0 Å². The molecule has 4 N–H and O–H groups in total. The van der Waals surface area contributed by atoms with E-state index >= 15 is 0 Å². The van der Waals surface area contributed by atoms with Crippen molar-refractivity contribution in [3.63, 3.8) is 0 Å². The van der Waals surface area contributed by atoms with Gasteiger partial charge in [0.05, 0.1) is 5.60 Å². The molecule has 1 unspecified atom stereocenters. The lowest BCUT2D eigenvalue weighted by atomic mass is 10.0. The first kappa shape index (κ1) is 15.6. The molecule has 0 heterocycles. The molecule has 0 radical (unpaired) electrons. The van der Waals surface area contributed by atoms with E-state index in [1.54, 1.807) is 6.92 Å². The lowest BCUT2D eigenvalue weighted by molar-refractivity contribution is 0.0497. The molecule has 0 aliphatic carbocycles. The zero-order chi connectivity index (χ0) is 14.5. The second kappa shape index (κ2) is 6.63. The fourth-order valence-electron chi connectivity index (χ4n) is 1.94. The number of benzene rings is 1. The Hall–Kier alpha value is -1.46. The van der Waals surface area contributed by atoms with Crippen LogP contribution in [-0.4, -0.2) is 23.2 Å². The molecular weight excluding hydrogens is 247 g/mol. The average molecular weight is 268 g/mol. The fourth-order valence-corrected chi connectivity index (χ4v) is 1.94. The van der Waals surface area contributed by atoms with E-state index in [1.807, 2.05) is 6.92 Å². The summed E-state index contributed by atoms with van der Waals surface area (Å²) in [6, 6.07) is 4.15. The molecule has 1 aromatic rings. The van der Waals surface area contributed by atoms with Gasteiger partial charge in [-0.15, -0.1) is 0 Å². The number of primary amides is 1. The van der Waals surface area contributed by atoms with Crippen LogP contribution in [0, 0.1) is 5.82 Å². The third kappa shape index (κ3) is 4.96. The van der Waals surface area contributed by atoms with Crippen LogP contribution in [0.25, 0.3) is 0 Å². The van der Waals surface area contributed by atoms with Gasteiger partial charge < -0.3 is 16.2 Å². The van der Waals surface area contributed by atoms with Crippen LogP contribution >= 0.6 is 0 Å². The van der Waals surface area contributed by atoms with E-state index in [9.17, 15) is 14.3 Å². The summed E-state index contributed by atoms with van der Waals surface area (Å²) >= 11 is 0. The minimum atomic E-state index is -0.793. The summed E-state index contributed by atoms with van der Waals surface area (Å²) in [5, 5.41) is 13.0. The monoisotopic (exact) mass is 268 g/mol. The van der Waals surface area contributed by atoms with Crippen molar-refractivity contribution in [1.82, 2.24) is 5.32 Å². The number of amides is 1. The Labute approximate surface area is 112 Å². The van der Waals surface area contributed by atoms with Gasteiger partial charge in [-0.05, 0) is 25.5 Å². The van der Waals surface area contributed by atoms with Gasteiger partial charge in [0.15, 0.2) is 0 Å². The van der Waals surface area contributed by atoms with Gasteiger partial charge in [0.1, 0.15) is 5.82 Å². The van der Waals surface area contributed by atoms with Crippen molar-refractivity contribution in [2.24, 2.45) is 5.73 Å². The van der Waals surface area contributed by atoms with Crippen molar-refractivity contribution in [2.75, 3.05) is 6.54 Å². The second-order valence-corrected chi connectivity index (χ2v) is 5.02. The highest BCUT2D eigenvalue weighted by molar-refractivity contribution is 5.92. The third-order valence-corrected chi connectivity index (χ3v) is 2.95. The van der Waals surface area contributed by atoms with Crippen LogP contribution in [0.15, 0.2) is 18.2 Å². The molecule has 4 nitrogen and oxygen atoms in total. The first-order valence-corrected chi connectivity index (χ1v) is 6.37. The molecule has 0 fully saturated rings. The number of carbonyl (C=O) groups excluding carboxylic acids is 1. The molecule has 1 atom stereocenters. The average Bonchev–Trinajstić information content (AvgIpc) is 2.30. The van der Waals surface area contributed by atoms with Crippen molar-refractivity contribution in [1.29, 1.82) is 0 Å². The Bertz CT molecular complexity index is 447. The maximum absolute atomic E-state index is 13.7. The fraction of sp³-hybridized carbons (Fsp3) is 0.500. The van der Waals surface area contributed by atoms with Crippen molar-refractivity contribution in [3.8, 4) is 0 Å². The Morgan fingerprint density at radius 2 is 2.21 bits per heavy atom. The van der Waals surface area contributed by atoms with E-state index in [2.05, 4.69) is 5.32 Å². The molecule has 0 spiro atoms. The molecule has 0 aromatic heterocycles. The lowest BCUT2D eigenvalue weighted by Crippen LogP contribution is -2.37. The van der Waals surface area contributed by atoms with E-state index in [0.717, 1.165) is 12.5 Å². The van der Waals surface area contributed by atoms with Crippen LogP contribution in [0.2, 0.25) is 0 Å². The van der Waals surface area contributed by atoms with Crippen LogP contribution in [0.4, 0.5) is 4.39 Å². The molecule has 0 aliphatic heterocycles. The SMILES string of the molecule is CCCC(C)(O)CNCc1ccc(C(N)=O)cc1F. The number of nitrogens with one attached hydrogen (secondary N) is 1. The summed E-state index contributed by atoms with van der Waals surface area (Å²) < 4.78 is 13.7. The zero-order valence-corrected chi connectivity index (χ0v) is 11.4. The number of halogens is 1. The number of carbonyl (C=O) groups is 1. The summed E-state index contributed by atoms with van der Waals surface area (Å²) in [7, 11) is 0. The molecule has 5 heteroatoms. The number of aliphatic hydroxyl groups is 1. The lowest BCUT2D eigenvalue weighted by Gasteiger charge is -2.23. The van der Waals surface area contributed by atoms with Gasteiger partial charge in [-0.2, -0.15) is 0 Å². The van der Waals surface area contributed by atoms with Crippen LogP contribution in [-0.2, 0) is 6.54 Å². The number of nitrogens with two attached hydrogens (primary N) is 1. The van der Waals surface area contributed by atoms with Gasteiger partial charge in [-0.25, -0.2) is 4.39 Å². The van der Waals surface area contributed by atoms with E-state index in [0.29, 0.717) is 25.1 Å². The first-order valence-electron chi connectivity index (χ1n) is 6.37. The number of hydrogen-bond donors (Lipinski definition) is 3. The van der Waals surface area contributed by atoms with Crippen molar-refractivity contribution in [2.45, 2.75) is 38.8 Å². The molecule has 0 bridgehead atoms. The van der Waals surface area contributed by atoms with Crippen molar-refractivity contribution >= 4 is 5.91 Å². The molecule has 0 saturated heterocycles. The molecule has 19 heavy (non-hydrogen) atoms. The Morgan fingerprint density at radius 1 is 1.53 bits per heavy atom. The Kier molecular flexibility index (Phi) is 5.44. The predicted molar refractivity (Wildman–Crippen MR) is 72.2 cm³/mol. The number of hydrogen-bond acceptors (Lipinski definition) is 3. The van der Waals surface area contributed by atoms with Gasteiger partial charge in [0, 0.05) is 24.2 Å². The molecule has 1 amide bonds. The number of rotatable bonds is 7. The summed E-state index contributed by atoms with van der Waals surface area (Å²) in [6.07, 6.45) is 1.57. The largest absolute Gasteiger partial charge is 0.389 e.